The van der Waals surface area contributed by atoms with Crippen molar-refractivity contribution >= 4 is 44.4 Å². The van der Waals surface area contributed by atoms with E-state index in [4.69, 9.17) is 4.98 Å². The maximum atomic E-state index is 13.2. The third-order valence-electron chi connectivity index (χ3n) is 4.81. The van der Waals surface area contributed by atoms with Crippen molar-refractivity contribution in [2.75, 3.05) is 4.90 Å². The third-order valence-corrected chi connectivity index (χ3v) is 5.86. The van der Waals surface area contributed by atoms with Crippen molar-refractivity contribution in [1.29, 1.82) is 0 Å². The highest BCUT2D eigenvalue weighted by atomic mass is 32.1. The van der Waals surface area contributed by atoms with Gasteiger partial charge in [0.25, 0.3) is 11.6 Å². The molecule has 0 fully saturated rings. The number of hydrogen-bond acceptors (Lipinski definition) is 5. The van der Waals surface area contributed by atoms with E-state index < -0.39 is 4.92 Å². The first-order valence-electron chi connectivity index (χ1n) is 9.65. The first-order chi connectivity index (χ1) is 15.0. The van der Waals surface area contributed by atoms with Crippen LogP contribution in [-0.2, 0) is 11.3 Å². The summed E-state index contributed by atoms with van der Waals surface area (Å²) in [5.41, 5.74) is 3.68. The van der Waals surface area contributed by atoms with Gasteiger partial charge in [0.15, 0.2) is 5.13 Å². The van der Waals surface area contributed by atoms with Crippen molar-refractivity contribution in [3.63, 3.8) is 0 Å². The number of non-ortho nitro benzene ring substituents is 1. The van der Waals surface area contributed by atoms with Crippen LogP contribution in [0.3, 0.4) is 0 Å². The maximum absolute atomic E-state index is 13.2. The fourth-order valence-corrected chi connectivity index (χ4v) is 4.21. The molecule has 1 amide bonds. The number of carbonyl (C=O) groups excluding carboxylic acids is 1. The lowest BCUT2D eigenvalue weighted by molar-refractivity contribution is -0.384. The molecule has 4 aromatic rings. The van der Waals surface area contributed by atoms with Crippen LogP contribution in [0.5, 0.6) is 0 Å². The van der Waals surface area contributed by atoms with Crippen LogP contribution in [0, 0.1) is 17.0 Å². The Labute approximate surface area is 183 Å². The second kappa shape index (κ2) is 8.89. The molecule has 0 aliphatic heterocycles. The van der Waals surface area contributed by atoms with Crippen LogP contribution in [-0.4, -0.2) is 15.8 Å². The van der Waals surface area contributed by atoms with Gasteiger partial charge in [0.2, 0.25) is 0 Å². The summed E-state index contributed by atoms with van der Waals surface area (Å²) in [5, 5.41) is 11.4. The molecule has 1 heterocycles. The normalized spacial score (nSPS) is 11.1. The van der Waals surface area contributed by atoms with Crippen LogP contribution >= 0.6 is 11.3 Å². The predicted octanol–water partition coefficient (Wildman–Crippen LogP) is 5.76. The first-order valence-corrected chi connectivity index (χ1v) is 10.5. The van der Waals surface area contributed by atoms with E-state index in [9.17, 15) is 14.9 Å². The van der Waals surface area contributed by atoms with Crippen molar-refractivity contribution in [3.8, 4) is 0 Å². The highest BCUT2D eigenvalue weighted by Gasteiger charge is 2.19. The smallest absolute Gasteiger partial charge is 0.269 e. The molecule has 0 saturated carbocycles. The Morgan fingerprint density at radius 2 is 1.81 bits per heavy atom. The van der Waals surface area contributed by atoms with Crippen LogP contribution in [0.15, 0.2) is 78.9 Å². The molecule has 0 unspecified atom stereocenters. The molecule has 154 valence electrons. The van der Waals surface area contributed by atoms with E-state index >= 15 is 0 Å². The Hall–Kier alpha value is -3.84. The van der Waals surface area contributed by atoms with E-state index in [0.717, 1.165) is 21.3 Å². The molecule has 0 bridgehead atoms. The second-order valence-electron chi connectivity index (χ2n) is 7.01. The summed E-state index contributed by atoms with van der Waals surface area (Å²) in [7, 11) is 0. The maximum Gasteiger partial charge on any atom is 0.269 e. The van der Waals surface area contributed by atoms with E-state index in [2.05, 4.69) is 0 Å². The summed E-state index contributed by atoms with van der Waals surface area (Å²) in [6.07, 6.45) is 3.13. The lowest BCUT2D eigenvalue weighted by Gasteiger charge is -2.18. The quantitative estimate of drug-likeness (QED) is 0.222. The average Bonchev–Trinajstić information content (AvgIpc) is 3.22. The van der Waals surface area contributed by atoms with Gasteiger partial charge in [-0.3, -0.25) is 19.8 Å². The number of benzene rings is 3. The highest BCUT2D eigenvalue weighted by molar-refractivity contribution is 7.22. The van der Waals surface area contributed by atoms with E-state index in [1.165, 1.54) is 29.5 Å². The first kappa shape index (κ1) is 20.4. The number of nitrogens with zero attached hydrogens (tertiary/aromatic N) is 3. The largest absolute Gasteiger partial charge is 0.280 e. The molecule has 4 rings (SSSR count). The molecule has 31 heavy (non-hydrogen) atoms. The van der Waals surface area contributed by atoms with E-state index in [-0.39, 0.29) is 11.6 Å². The third kappa shape index (κ3) is 4.67. The number of fused-ring (bicyclic) bond motifs is 1. The molecule has 6 nitrogen and oxygen atoms in total. The Morgan fingerprint density at radius 3 is 2.48 bits per heavy atom. The number of nitro benzene ring substituents is 1. The van der Waals surface area contributed by atoms with Crippen molar-refractivity contribution in [3.05, 3.63) is 106 Å². The molecular weight excluding hydrogens is 410 g/mol. The van der Waals surface area contributed by atoms with Gasteiger partial charge in [0.05, 0.1) is 21.7 Å². The molecule has 0 aliphatic carbocycles. The predicted molar refractivity (Wildman–Crippen MR) is 124 cm³/mol. The lowest BCUT2D eigenvalue weighted by Crippen LogP contribution is -2.28. The summed E-state index contributed by atoms with van der Waals surface area (Å²) >= 11 is 1.48. The number of aryl methyl sites for hydroxylation is 1. The van der Waals surface area contributed by atoms with Gasteiger partial charge in [0, 0.05) is 18.2 Å². The standard InChI is InChI=1S/C24H19N3O3S/c1-17-6-5-9-21-23(17)25-24(31-21)26(16-19-7-3-2-4-8-19)22(28)15-12-18-10-13-20(14-11-18)27(29)30/h2-15H,16H2,1H3/b15-12+. The fraction of sp³-hybridized carbons (Fsp3) is 0.0833. The zero-order chi connectivity index (χ0) is 21.8. The molecule has 1 aromatic heterocycles. The van der Waals surface area contributed by atoms with Gasteiger partial charge in [-0.05, 0) is 47.9 Å². The summed E-state index contributed by atoms with van der Waals surface area (Å²) in [6.45, 7) is 2.40. The number of hydrogen-bond donors (Lipinski definition) is 0. The minimum absolute atomic E-state index is 0.0130. The summed E-state index contributed by atoms with van der Waals surface area (Å²) < 4.78 is 1.03. The molecular formula is C24H19N3O3S. The number of para-hydroxylation sites is 1. The number of carbonyl (C=O) groups is 1. The zero-order valence-corrected chi connectivity index (χ0v) is 17.6. The van der Waals surface area contributed by atoms with Crippen LogP contribution in [0.2, 0.25) is 0 Å². The minimum atomic E-state index is -0.449. The molecule has 3 aromatic carbocycles. The van der Waals surface area contributed by atoms with Gasteiger partial charge >= 0.3 is 0 Å². The van der Waals surface area contributed by atoms with Crippen molar-refractivity contribution < 1.29 is 9.72 Å². The van der Waals surface area contributed by atoms with Crippen LogP contribution < -0.4 is 4.90 Å². The van der Waals surface area contributed by atoms with Gasteiger partial charge in [-0.2, -0.15) is 0 Å². The van der Waals surface area contributed by atoms with Crippen LogP contribution in [0.1, 0.15) is 16.7 Å². The SMILES string of the molecule is Cc1cccc2sc(N(Cc3ccccc3)C(=O)/C=C/c3ccc([N+](=O)[O-])cc3)nc12. The average molecular weight is 430 g/mol. The van der Waals surface area contributed by atoms with E-state index in [1.54, 1.807) is 23.1 Å². The van der Waals surface area contributed by atoms with Crippen molar-refractivity contribution in [2.45, 2.75) is 13.5 Å². The second-order valence-corrected chi connectivity index (χ2v) is 8.02. The summed E-state index contributed by atoms with van der Waals surface area (Å²) in [5.74, 6) is -0.209. The molecule has 0 atom stereocenters. The van der Waals surface area contributed by atoms with Crippen molar-refractivity contribution in [2.24, 2.45) is 0 Å². The van der Waals surface area contributed by atoms with E-state index in [1.807, 2.05) is 55.5 Å². The van der Waals surface area contributed by atoms with Gasteiger partial charge in [-0.25, -0.2) is 4.98 Å². The van der Waals surface area contributed by atoms with Crippen molar-refractivity contribution in [1.82, 2.24) is 4.98 Å². The lowest BCUT2D eigenvalue weighted by atomic mass is 10.2. The number of amides is 1. The Kier molecular flexibility index (Phi) is 5.86. The monoisotopic (exact) mass is 429 g/mol. The summed E-state index contributed by atoms with van der Waals surface area (Å²) in [4.78, 5) is 29.9. The van der Waals surface area contributed by atoms with Crippen LogP contribution in [0.25, 0.3) is 16.3 Å². The van der Waals surface area contributed by atoms with Gasteiger partial charge in [0.1, 0.15) is 0 Å². The topological polar surface area (TPSA) is 76.3 Å². The minimum Gasteiger partial charge on any atom is -0.280 e. The molecule has 0 radical (unpaired) electrons. The number of anilines is 1. The summed E-state index contributed by atoms with van der Waals surface area (Å²) in [6, 6.07) is 21.8. The molecule has 0 saturated heterocycles. The fourth-order valence-electron chi connectivity index (χ4n) is 3.16. The molecule has 0 aliphatic rings. The number of thiazole rings is 1. The molecule has 0 spiro atoms. The molecule has 7 heteroatoms. The Bertz CT molecular complexity index is 1260. The van der Waals surface area contributed by atoms with Gasteiger partial charge in [-0.15, -0.1) is 0 Å². The van der Waals surface area contributed by atoms with Gasteiger partial charge in [-0.1, -0.05) is 53.8 Å². The number of rotatable bonds is 6. The Morgan fingerprint density at radius 1 is 1.06 bits per heavy atom. The zero-order valence-electron chi connectivity index (χ0n) is 16.8. The van der Waals surface area contributed by atoms with E-state index in [0.29, 0.717) is 17.2 Å². The number of aromatic nitrogens is 1. The van der Waals surface area contributed by atoms with Gasteiger partial charge < -0.3 is 0 Å². The highest BCUT2D eigenvalue weighted by Crippen LogP contribution is 2.31. The number of nitro groups is 1. The Balaban J connectivity index is 1.65. The molecule has 0 N–H and O–H groups in total. The van der Waals surface area contributed by atoms with Crippen LogP contribution in [0.4, 0.5) is 10.8 Å².